The standard InChI is InChI=1S/C34H67NO7S.Na/c1-5-30(4)25-21-17-14-15-19-23-27-33(37)34(38)35-31(28-42-43(39,40)41)32(36)26-22-18-13-11-9-7-6-8-10-12-16-20-24-29(2)3;/h22,26,29-33,36-37H,5-21,23-25,27-28H2,1-4H3,(H,35,38)(H,39,40,41);/q;+1/p-1/b26-22+;. The molecule has 0 aromatic carbocycles. The molecule has 0 bridgehead atoms. The quantitative estimate of drug-likeness (QED) is 0.0335. The van der Waals surface area contributed by atoms with Crippen molar-refractivity contribution in [2.45, 2.75) is 181 Å². The van der Waals surface area contributed by atoms with Crippen LogP contribution in [0.15, 0.2) is 12.2 Å². The minimum Gasteiger partial charge on any atom is -0.726 e. The van der Waals surface area contributed by atoms with Crippen molar-refractivity contribution in [3.8, 4) is 0 Å². The van der Waals surface area contributed by atoms with Gasteiger partial charge in [-0.3, -0.25) is 8.98 Å². The first-order chi connectivity index (χ1) is 20.5. The molecule has 0 saturated carbocycles. The molecule has 0 aliphatic carbocycles. The number of hydrogen-bond acceptors (Lipinski definition) is 7. The van der Waals surface area contributed by atoms with Gasteiger partial charge in [-0.2, -0.15) is 0 Å². The van der Waals surface area contributed by atoms with Crippen molar-refractivity contribution in [2.75, 3.05) is 6.61 Å². The minimum absolute atomic E-state index is 0. The van der Waals surface area contributed by atoms with Gasteiger partial charge in [-0.25, -0.2) is 8.42 Å². The van der Waals surface area contributed by atoms with Gasteiger partial charge in [0.15, 0.2) is 0 Å². The number of allylic oxidation sites excluding steroid dienone is 1. The van der Waals surface area contributed by atoms with Gasteiger partial charge in [-0.15, -0.1) is 0 Å². The Bertz CT molecular complexity index is 794. The first kappa shape index (κ1) is 46.1. The van der Waals surface area contributed by atoms with Crippen LogP contribution in [0.1, 0.15) is 163 Å². The van der Waals surface area contributed by atoms with Gasteiger partial charge in [0.25, 0.3) is 0 Å². The van der Waals surface area contributed by atoms with Crippen LogP contribution in [-0.4, -0.2) is 53.9 Å². The Labute approximate surface area is 293 Å². The van der Waals surface area contributed by atoms with E-state index in [1.807, 2.05) is 0 Å². The summed E-state index contributed by atoms with van der Waals surface area (Å²) in [5.74, 6) is 0.863. The Morgan fingerprint density at radius 3 is 1.70 bits per heavy atom. The zero-order chi connectivity index (χ0) is 32.3. The van der Waals surface area contributed by atoms with Crippen LogP contribution >= 0.6 is 0 Å². The van der Waals surface area contributed by atoms with Crippen LogP contribution in [0.5, 0.6) is 0 Å². The average Bonchev–Trinajstić information content (AvgIpc) is 2.95. The van der Waals surface area contributed by atoms with Crippen molar-refractivity contribution in [3.05, 3.63) is 12.2 Å². The van der Waals surface area contributed by atoms with Crippen LogP contribution in [-0.2, 0) is 19.4 Å². The number of amides is 1. The molecule has 0 aliphatic rings. The molecule has 0 aliphatic heterocycles. The molecule has 44 heavy (non-hydrogen) atoms. The van der Waals surface area contributed by atoms with E-state index in [1.165, 1.54) is 89.5 Å². The van der Waals surface area contributed by atoms with E-state index in [9.17, 15) is 28.0 Å². The first-order valence-electron chi connectivity index (χ1n) is 17.4. The number of aliphatic hydroxyl groups excluding tert-OH is 2. The van der Waals surface area contributed by atoms with Gasteiger partial charge in [-0.1, -0.05) is 155 Å². The molecule has 4 atom stereocenters. The molecule has 8 nitrogen and oxygen atoms in total. The van der Waals surface area contributed by atoms with Crippen molar-refractivity contribution in [3.63, 3.8) is 0 Å². The molecule has 256 valence electrons. The molecule has 0 fully saturated rings. The van der Waals surface area contributed by atoms with Gasteiger partial charge < -0.3 is 20.1 Å². The van der Waals surface area contributed by atoms with Crippen LogP contribution in [0.25, 0.3) is 0 Å². The van der Waals surface area contributed by atoms with E-state index in [1.54, 1.807) is 6.08 Å². The van der Waals surface area contributed by atoms with E-state index < -0.39 is 41.2 Å². The molecule has 1 amide bonds. The van der Waals surface area contributed by atoms with Gasteiger partial charge in [0.05, 0.1) is 18.8 Å². The van der Waals surface area contributed by atoms with Crippen molar-refractivity contribution < 1.29 is 61.7 Å². The van der Waals surface area contributed by atoms with Gasteiger partial charge >= 0.3 is 29.6 Å². The van der Waals surface area contributed by atoms with E-state index in [0.29, 0.717) is 6.42 Å². The maximum atomic E-state index is 12.5. The summed E-state index contributed by atoms with van der Waals surface area (Å²) in [6, 6.07) is -1.17. The zero-order valence-corrected chi connectivity index (χ0v) is 31.8. The van der Waals surface area contributed by atoms with E-state index in [2.05, 4.69) is 37.2 Å². The molecular weight excluding hydrogens is 589 g/mol. The Hall–Kier alpha value is -0.000000000000000222. The monoisotopic (exact) mass is 655 g/mol. The minimum atomic E-state index is -4.99. The van der Waals surface area contributed by atoms with Crippen molar-refractivity contribution in [1.29, 1.82) is 0 Å². The molecule has 4 unspecified atom stereocenters. The summed E-state index contributed by atoms with van der Waals surface area (Å²) >= 11 is 0. The Morgan fingerprint density at radius 1 is 0.773 bits per heavy atom. The Kier molecular flexibility index (Phi) is 31.8. The third-order valence-electron chi connectivity index (χ3n) is 8.29. The Morgan fingerprint density at radius 2 is 1.23 bits per heavy atom. The summed E-state index contributed by atoms with van der Waals surface area (Å²) < 4.78 is 37.2. The first-order valence-corrected chi connectivity index (χ1v) is 18.7. The fourth-order valence-electron chi connectivity index (χ4n) is 5.13. The smallest absolute Gasteiger partial charge is 0.726 e. The second-order valence-corrected chi connectivity index (χ2v) is 14.0. The van der Waals surface area contributed by atoms with Crippen LogP contribution in [0.2, 0.25) is 0 Å². The van der Waals surface area contributed by atoms with Gasteiger partial charge in [0, 0.05) is 0 Å². The van der Waals surface area contributed by atoms with E-state index in [0.717, 1.165) is 50.4 Å². The summed E-state index contributed by atoms with van der Waals surface area (Å²) in [4.78, 5) is 12.5. The average molecular weight is 656 g/mol. The largest absolute Gasteiger partial charge is 1.00 e. The fourth-order valence-corrected chi connectivity index (χ4v) is 5.45. The van der Waals surface area contributed by atoms with Crippen LogP contribution < -0.4 is 34.9 Å². The molecule has 3 N–H and O–H groups in total. The fraction of sp³-hybridized carbons (Fsp3) is 0.912. The number of nitrogens with one attached hydrogen (secondary N) is 1. The molecular formula is C34H66NNaO7S. The summed E-state index contributed by atoms with van der Waals surface area (Å²) in [7, 11) is -4.99. The van der Waals surface area contributed by atoms with Crippen LogP contribution in [0.3, 0.4) is 0 Å². The molecule has 0 aromatic heterocycles. The molecule has 0 spiro atoms. The third-order valence-corrected chi connectivity index (χ3v) is 8.72. The molecule has 0 aromatic rings. The van der Waals surface area contributed by atoms with Crippen molar-refractivity contribution in [1.82, 2.24) is 5.32 Å². The summed E-state index contributed by atoms with van der Waals surface area (Å²) in [6.45, 7) is 8.35. The van der Waals surface area contributed by atoms with Crippen molar-refractivity contribution in [2.24, 2.45) is 11.8 Å². The van der Waals surface area contributed by atoms with Gasteiger partial charge in [0.2, 0.25) is 16.3 Å². The van der Waals surface area contributed by atoms with E-state index >= 15 is 0 Å². The molecule has 0 saturated heterocycles. The number of rotatable bonds is 30. The number of carbonyl (C=O) groups is 1. The van der Waals surface area contributed by atoms with Crippen LogP contribution in [0, 0.1) is 11.8 Å². The van der Waals surface area contributed by atoms with Crippen LogP contribution in [0.4, 0.5) is 0 Å². The molecule has 0 radical (unpaired) electrons. The van der Waals surface area contributed by atoms with Gasteiger partial charge in [0.1, 0.15) is 6.10 Å². The predicted octanol–water partition coefficient (Wildman–Crippen LogP) is 4.73. The van der Waals surface area contributed by atoms with Gasteiger partial charge in [-0.05, 0) is 31.1 Å². The number of aliphatic hydroxyl groups is 2. The maximum Gasteiger partial charge on any atom is 1.00 e. The predicted molar refractivity (Wildman–Crippen MR) is 175 cm³/mol. The second kappa shape index (κ2) is 30.3. The molecule has 10 heteroatoms. The maximum absolute atomic E-state index is 12.5. The zero-order valence-electron chi connectivity index (χ0n) is 28.9. The molecule has 0 rings (SSSR count). The molecule has 0 heterocycles. The number of hydrogen-bond donors (Lipinski definition) is 3. The van der Waals surface area contributed by atoms with E-state index in [-0.39, 0.29) is 36.0 Å². The Balaban J connectivity index is 0. The van der Waals surface area contributed by atoms with Crippen molar-refractivity contribution >= 4 is 16.3 Å². The summed E-state index contributed by atoms with van der Waals surface area (Å²) in [6.07, 6.45) is 24.2. The number of unbranched alkanes of at least 4 members (excludes halogenated alkanes) is 15. The normalized spacial score (nSPS) is 14.8. The van der Waals surface area contributed by atoms with E-state index in [4.69, 9.17) is 0 Å². The second-order valence-electron chi connectivity index (χ2n) is 13.0. The third kappa shape index (κ3) is 30.6. The summed E-state index contributed by atoms with van der Waals surface area (Å²) in [5, 5.41) is 23.3. The number of carbonyl (C=O) groups excluding carboxylic acids is 1. The summed E-state index contributed by atoms with van der Waals surface area (Å²) in [5.41, 5.74) is 0. The topological polar surface area (TPSA) is 136 Å². The SMILES string of the molecule is CCC(C)CCCCCCCCC(O)C(=O)NC(COS(=O)(=O)[O-])C(O)/C=C/CCCCCCCCCCCCC(C)C.[Na+].